The smallest absolute Gasteiger partial charge is 0.410 e. The van der Waals surface area contributed by atoms with E-state index in [9.17, 15) is 4.79 Å². The van der Waals surface area contributed by atoms with Gasteiger partial charge >= 0.3 is 6.09 Å². The molecule has 3 rings (SSSR count). The molecule has 1 atom stereocenters. The van der Waals surface area contributed by atoms with Crippen molar-refractivity contribution in [1.29, 1.82) is 0 Å². The Kier molecular flexibility index (Phi) is 4.91. The Balaban J connectivity index is 1.69. The molecule has 0 aliphatic carbocycles. The summed E-state index contributed by atoms with van der Waals surface area (Å²) in [5.74, 6) is 0. The normalized spacial score (nSPS) is 17.8. The Morgan fingerprint density at radius 3 is 2.87 bits per heavy atom. The lowest BCUT2D eigenvalue weighted by molar-refractivity contribution is 0.0678. The molecule has 1 fully saturated rings. The quantitative estimate of drug-likeness (QED) is 0.851. The van der Waals surface area contributed by atoms with Crippen LogP contribution in [0.15, 0.2) is 48.7 Å². The second kappa shape index (κ2) is 7.27. The van der Waals surface area contributed by atoms with Gasteiger partial charge in [-0.2, -0.15) is 0 Å². The molecule has 4 heteroatoms. The lowest BCUT2D eigenvalue weighted by atomic mass is 9.96. The zero-order valence-corrected chi connectivity index (χ0v) is 13.4. The summed E-state index contributed by atoms with van der Waals surface area (Å²) in [6, 6.07) is 13.9. The van der Waals surface area contributed by atoms with E-state index in [0.717, 1.165) is 42.6 Å². The topological polar surface area (TPSA) is 42.4 Å². The van der Waals surface area contributed by atoms with Crippen LogP contribution in [0.2, 0.25) is 0 Å². The van der Waals surface area contributed by atoms with Crippen molar-refractivity contribution >= 4 is 6.09 Å². The van der Waals surface area contributed by atoms with Crippen molar-refractivity contribution in [2.45, 2.75) is 38.8 Å². The number of aromatic nitrogens is 1. The Morgan fingerprint density at radius 2 is 2.09 bits per heavy atom. The third kappa shape index (κ3) is 3.89. The van der Waals surface area contributed by atoms with E-state index in [2.05, 4.69) is 11.1 Å². The highest BCUT2D eigenvalue weighted by Crippen LogP contribution is 2.31. The van der Waals surface area contributed by atoms with E-state index in [-0.39, 0.29) is 12.1 Å². The first-order valence-electron chi connectivity index (χ1n) is 8.14. The summed E-state index contributed by atoms with van der Waals surface area (Å²) in [6.07, 6.45) is 4.72. The maximum absolute atomic E-state index is 12.5. The summed E-state index contributed by atoms with van der Waals surface area (Å²) in [5.41, 5.74) is 3.13. The van der Waals surface area contributed by atoms with Crippen LogP contribution in [0.5, 0.6) is 0 Å². The molecular formula is C19H22N2O2. The van der Waals surface area contributed by atoms with Gasteiger partial charge in [0.25, 0.3) is 0 Å². The van der Waals surface area contributed by atoms with E-state index >= 15 is 0 Å². The van der Waals surface area contributed by atoms with Gasteiger partial charge in [0.05, 0.1) is 6.04 Å². The summed E-state index contributed by atoms with van der Waals surface area (Å²) >= 11 is 0. The monoisotopic (exact) mass is 310 g/mol. The first-order valence-corrected chi connectivity index (χ1v) is 8.14. The number of hydrogen-bond acceptors (Lipinski definition) is 3. The van der Waals surface area contributed by atoms with E-state index in [1.165, 1.54) is 0 Å². The molecular weight excluding hydrogens is 288 g/mol. The number of aryl methyl sites for hydroxylation is 1. The molecule has 1 aromatic heterocycles. The van der Waals surface area contributed by atoms with Gasteiger partial charge < -0.3 is 9.64 Å². The maximum atomic E-state index is 12.5. The predicted molar refractivity (Wildman–Crippen MR) is 88.9 cm³/mol. The second-order valence-electron chi connectivity index (χ2n) is 5.98. The molecule has 0 N–H and O–H groups in total. The van der Waals surface area contributed by atoms with E-state index in [1.807, 2.05) is 54.4 Å². The molecule has 120 valence electrons. The van der Waals surface area contributed by atoms with Crippen molar-refractivity contribution in [2.24, 2.45) is 0 Å². The lowest BCUT2D eigenvalue weighted by Gasteiger charge is -2.35. The van der Waals surface area contributed by atoms with Gasteiger partial charge in [-0.15, -0.1) is 0 Å². The van der Waals surface area contributed by atoms with Crippen LogP contribution in [0.4, 0.5) is 4.79 Å². The van der Waals surface area contributed by atoms with Crippen LogP contribution in [0.3, 0.4) is 0 Å². The van der Waals surface area contributed by atoms with Gasteiger partial charge in [-0.05, 0) is 49.4 Å². The van der Waals surface area contributed by atoms with Crippen LogP contribution < -0.4 is 0 Å². The van der Waals surface area contributed by atoms with Crippen molar-refractivity contribution in [3.63, 3.8) is 0 Å². The molecule has 2 heterocycles. The van der Waals surface area contributed by atoms with Crippen molar-refractivity contribution in [3.05, 3.63) is 65.5 Å². The van der Waals surface area contributed by atoms with Crippen molar-refractivity contribution in [1.82, 2.24) is 9.88 Å². The fourth-order valence-electron chi connectivity index (χ4n) is 3.07. The zero-order valence-electron chi connectivity index (χ0n) is 13.4. The average Bonchev–Trinajstić information content (AvgIpc) is 2.60. The molecule has 0 saturated carbocycles. The minimum Gasteiger partial charge on any atom is -0.445 e. The Morgan fingerprint density at radius 1 is 1.26 bits per heavy atom. The van der Waals surface area contributed by atoms with Gasteiger partial charge in [-0.3, -0.25) is 4.98 Å². The molecule has 1 saturated heterocycles. The van der Waals surface area contributed by atoms with Crippen LogP contribution in [-0.4, -0.2) is 22.5 Å². The number of likely N-dealkylation sites (tertiary alicyclic amines) is 1. The van der Waals surface area contributed by atoms with E-state index in [0.29, 0.717) is 6.61 Å². The van der Waals surface area contributed by atoms with Gasteiger partial charge in [0.1, 0.15) is 6.61 Å². The summed E-state index contributed by atoms with van der Waals surface area (Å²) in [5, 5.41) is 0. The SMILES string of the molecule is Cc1cc(C2CCCCN2C(=O)OCc2ccccc2)ccn1. The third-order valence-electron chi connectivity index (χ3n) is 4.25. The first-order chi connectivity index (χ1) is 11.2. The van der Waals surface area contributed by atoms with Crippen LogP contribution >= 0.6 is 0 Å². The lowest BCUT2D eigenvalue weighted by Crippen LogP contribution is -2.38. The van der Waals surface area contributed by atoms with Gasteiger partial charge in [-0.1, -0.05) is 30.3 Å². The van der Waals surface area contributed by atoms with Crippen LogP contribution in [0.25, 0.3) is 0 Å². The van der Waals surface area contributed by atoms with Gasteiger partial charge in [0, 0.05) is 18.4 Å². The largest absolute Gasteiger partial charge is 0.445 e. The average molecular weight is 310 g/mol. The van der Waals surface area contributed by atoms with Crippen LogP contribution in [-0.2, 0) is 11.3 Å². The van der Waals surface area contributed by atoms with E-state index < -0.39 is 0 Å². The number of pyridine rings is 1. The fraction of sp³-hybridized carbons (Fsp3) is 0.368. The Bertz CT molecular complexity index is 657. The number of nitrogens with zero attached hydrogens (tertiary/aromatic N) is 2. The molecule has 1 aromatic carbocycles. The van der Waals surface area contributed by atoms with Crippen LogP contribution in [0.1, 0.15) is 42.1 Å². The molecule has 1 unspecified atom stereocenters. The predicted octanol–water partition coefficient (Wildman–Crippen LogP) is 4.25. The van der Waals surface area contributed by atoms with Gasteiger partial charge in [0.15, 0.2) is 0 Å². The summed E-state index contributed by atoms with van der Waals surface area (Å²) < 4.78 is 5.52. The Hall–Kier alpha value is -2.36. The van der Waals surface area contributed by atoms with Crippen molar-refractivity contribution < 1.29 is 9.53 Å². The molecule has 0 bridgehead atoms. The first kappa shape index (κ1) is 15.5. The molecule has 23 heavy (non-hydrogen) atoms. The van der Waals surface area contributed by atoms with Gasteiger partial charge in [-0.25, -0.2) is 4.79 Å². The highest BCUT2D eigenvalue weighted by atomic mass is 16.6. The van der Waals surface area contributed by atoms with Gasteiger partial charge in [0.2, 0.25) is 0 Å². The third-order valence-corrected chi connectivity index (χ3v) is 4.25. The number of ether oxygens (including phenoxy) is 1. The number of carbonyl (C=O) groups excluding carboxylic acids is 1. The molecule has 0 radical (unpaired) electrons. The maximum Gasteiger partial charge on any atom is 0.410 e. The second-order valence-corrected chi connectivity index (χ2v) is 5.98. The number of benzene rings is 1. The molecule has 4 nitrogen and oxygen atoms in total. The zero-order chi connectivity index (χ0) is 16.1. The van der Waals surface area contributed by atoms with Crippen molar-refractivity contribution in [2.75, 3.05) is 6.54 Å². The highest BCUT2D eigenvalue weighted by Gasteiger charge is 2.29. The highest BCUT2D eigenvalue weighted by molar-refractivity contribution is 5.68. The summed E-state index contributed by atoms with van der Waals surface area (Å²) in [4.78, 5) is 18.6. The summed E-state index contributed by atoms with van der Waals surface area (Å²) in [7, 11) is 0. The number of rotatable bonds is 3. The molecule has 0 spiro atoms. The van der Waals surface area contributed by atoms with E-state index in [1.54, 1.807) is 0 Å². The fourth-order valence-corrected chi connectivity index (χ4v) is 3.07. The van der Waals surface area contributed by atoms with E-state index in [4.69, 9.17) is 4.74 Å². The Labute approximate surface area is 137 Å². The molecule has 1 amide bonds. The minimum absolute atomic E-state index is 0.0914. The van der Waals surface area contributed by atoms with Crippen LogP contribution in [0, 0.1) is 6.92 Å². The molecule has 1 aliphatic rings. The summed E-state index contributed by atoms with van der Waals surface area (Å²) in [6.45, 7) is 3.04. The number of piperidine rings is 1. The number of carbonyl (C=O) groups is 1. The standard InChI is InChI=1S/C19H22N2O2/c1-15-13-17(10-11-20-15)18-9-5-6-12-21(18)19(22)23-14-16-7-3-2-4-8-16/h2-4,7-8,10-11,13,18H,5-6,9,12,14H2,1H3. The van der Waals surface area contributed by atoms with Crippen molar-refractivity contribution in [3.8, 4) is 0 Å². The number of hydrogen-bond donors (Lipinski definition) is 0. The molecule has 2 aromatic rings. The number of amides is 1. The molecule has 1 aliphatic heterocycles. The minimum atomic E-state index is -0.229.